The first-order valence-corrected chi connectivity index (χ1v) is 15.1. The van der Waals surface area contributed by atoms with Gasteiger partial charge in [0.25, 0.3) is 0 Å². The largest absolute Gasteiger partial charge is 0.480 e. The zero-order valence-corrected chi connectivity index (χ0v) is 24.2. The lowest BCUT2D eigenvalue weighted by Crippen LogP contribution is -2.59. The van der Waals surface area contributed by atoms with Crippen molar-refractivity contribution >= 4 is 23.5 Å². The van der Waals surface area contributed by atoms with Gasteiger partial charge in [-0.15, -0.1) is 0 Å². The van der Waals surface area contributed by atoms with Crippen molar-refractivity contribution in [1.29, 1.82) is 0 Å². The predicted octanol–water partition coefficient (Wildman–Crippen LogP) is 4.76. The van der Waals surface area contributed by atoms with Crippen molar-refractivity contribution in [2.45, 2.75) is 75.9 Å². The van der Waals surface area contributed by atoms with E-state index >= 15 is 4.39 Å². The van der Waals surface area contributed by atoms with Crippen LogP contribution in [0, 0.1) is 11.7 Å². The molecular formula is C32H39ClFN3O3. The van der Waals surface area contributed by atoms with E-state index in [1.165, 1.54) is 17.2 Å². The number of fused-ring (bicyclic) bond motifs is 1. The monoisotopic (exact) mass is 567 g/mol. The molecule has 0 aromatic heterocycles. The number of rotatable bonds is 7. The molecule has 2 heterocycles. The molecule has 6 rings (SSSR count). The number of amides is 1. The maximum absolute atomic E-state index is 15.1. The van der Waals surface area contributed by atoms with Crippen LogP contribution in [0.1, 0.15) is 61.3 Å². The molecule has 2 aliphatic heterocycles. The summed E-state index contributed by atoms with van der Waals surface area (Å²) in [5.74, 6) is -1.71. The second-order valence-electron chi connectivity index (χ2n) is 12.7. The zero-order valence-electron chi connectivity index (χ0n) is 23.4. The lowest BCUT2D eigenvalue weighted by atomic mass is 9.87. The summed E-state index contributed by atoms with van der Waals surface area (Å²) in [5.41, 5.74) is 4.44. The molecule has 1 N–H and O–H groups in total. The van der Waals surface area contributed by atoms with E-state index in [4.69, 9.17) is 11.6 Å². The second-order valence-corrected chi connectivity index (χ2v) is 13.1. The van der Waals surface area contributed by atoms with Gasteiger partial charge in [-0.3, -0.25) is 19.4 Å². The molecule has 40 heavy (non-hydrogen) atoms. The van der Waals surface area contributed by atoms with Crippen LogP contribution in [-0.4, -0.2) is 82.0 Å². The van der Waals surface area contributed by atoms with Gasteiger partial charge in [0.05, 0.1) is 5.92 Å². The Balaban J connectivity index is 1.17. The number of benzene rings is 2. The van der Waals surface area contributed by atoms with Gasteiger partial charge < -0.3 is 10.0 Å². The smallest absolute Gasteiger partial charge is 0.321 e. The summed E-state index contributed by atoms with van der Waals surface area (Å²) in [7, 11) is 0. The Hall–Kier alpha value is -2.48. The van der Waals surface area contributed by atoms with E-state index in [0.29, 0.717) is 49.7 Å². The molecule has 4 aliphatic rings. The SMILES string of the molecule is C[C@H]1CN([C@@H](Cc2ccc3c(c2)CCC3)C(=O)O)CCN1C(=O)[C@@H]1CN(C2(C)CC2)C[C@H]1c1ccc(Cl)cc1F. The molecule has 0 bridgehead atoms. The molecule has 0 radical (unpaired) electrons. The third-order valence-corrected chi connectivity index (χ3v) is 10.2. The van der Waals surface area contributed by atoms with Gasteiger partial charge in [0.2, 0.25) is 5.91 Å². The Morgan fingerprint density at radius 1 is 1.07 bits per heavy atom. The van der Waals surface area contributed by atoms with Crippen LogP contribution < -0.4 is 0 Å². The summed E-state index contributed by atoms with van der Waals surface area (Å²) in [6, 6.07) is 10.4. The minimum absolute atomic E-state index is 0.0451. The highest BCUT2D eigenvalue weighted by atomic mass is 35.5. The van der Waals surface area contributed by atoms with Gasteiger partial charge in [-0.05, 0) is 86.8 Å². The zero-order chi connectivity index (χ0) is 28.2. The van der Waals surface area contributed by atoms with Crippen molar-refractivity contribution in [3.8, 4) is 0 Å². The Morgan fingerprint density at radius 3 is 2.55 bits per heavy atom. The molecule has 2 aromatic rings. The number of hydrogen-bond acceptors (Lipinski definition) is 4. The first-order chi connectivity index (χ1) is 19.1. The summed E-state index contributed by atoms with van der Waals surface area (Å²) < 4.78 is 15.1. The van der Waals surface area contributed by atoms with Gasteiger partial charge in [-0.1, -0.05) is 35.9 Å². The summed E-state index contributed by atoms with van der Waals surface area (Å²) in [6.07, 6.45) is 5.99. The molecule has 1 amide bonds. The number of halogens is 2. The fraction of sp³-hybridized carbons (Fsp3) is 0.562. The highest BCUT2D eigenvalue weighted by molar-refractivity contribution is 6.30. The normalized spacial score (nSPS) is 27.0. The number of carboxylic acid groups (broad SMARTS) is 1. The van der Waals surface area contributed by atoms with Crippen LogP contribution in [0.3, 0.4) is 0 Å². The minimum Gasteiger partial charge on any atom is -0.480 e. The van der Waals surface area contributed by atoms with Gasteiger partial charge in [0.1, 0.15) is 11.9 Å². The Labute approximate surface area is 241 Å². The summed E-state index contributed by atoms with van der Waals surface area (Å²) in [6.45, 7) is 6.98. The van der Waals surface area contributed by atoms with Crippen molar-refractivity contribution in [2.24, 2.45) is 5.92 Å². The maximum Gasteiger partial charge on any atom is 0.321 e. The van der Waals surface area contributed by atoms with Gasteiger partial charge in [0.15, 0.2) is 0 Å². The molecule has 2 aromatic carbocycles. The van der Waals surface area contributed by atoms with Gasteiger partial charge >= 0.3 is 5.97 Å². The van der Waals surface area contributed by atoms with Gasteiger partial charge in [-0.2, -0.15) is 0 Å². The van der Waals surface area contributed by atoms with Crippen molar-refractivity contribution in [3.05, 3.63) is 69.5 Å². The van der Waals surface area contributed by atoms with E-state index in [1.54, 1.807) is 12.1 Å². The van der Waals surface area contributed by atoms with Crippen LogP contribution in [0.15, 0.2) is 36.4 Å². The molecule has 8 heteroatoms. The highest BCUT2D eigenvalue weighted by Crippen LogP contribution is 2.48. The van der Waals surface area contributed by atoms with E-state index in [0.717, 1.165) is 37.7 Å². The summed E-state index contributed by atoms with van der Waals surface area (Å²) >= 11 is 6.04. The van der Waals surface area contributed by atoms with E-state index in [2.05, 4.69) is 30.0 Å². The van der Waals surface area contributed by atoms with Crippen molar-refractivity contribution in [3.63, 3.8) is 0 Å². The van der Waals surface area contributed by atoms with E-state index < -0.39 is 12.0 Å². The molecular weight excluding hydrogens is 529 g/mol. The van der Waals surface area contributed by atoms with E-state index in [-0.39, 0.29) is 35.1 Å². The molecule has 1 saturated carbocycles. The third-order valence-electron chi connectivity index (χ3n) is 10.00. The molecule has 2 aliphatic carbocycles. The van der Waals surface area contributed by atoms with E-state index in [9.17, 15) is 14.7 Å². The lowest BCUT2D eigenvalue weighted by Gasteiger charge is -2.43. The van der Waals surface area contributed by atoms with Crippen molar-refractivity contribution < 1.29 is 19.1 Å². The average molecular weight is 568 g/mol. The number of aryl methyl sites for hydroxylation is 2. The number of aliphatic carboxylic acids is 1. The number of hydrogen-bond donors (Lipinski definition) is 1. The minimum atomic E-state index is -0.824. The lowest BCUT2D eigenvalue weighted by molar-refractivity contribution is -0.147. The molecule has 6 nitrogen and oxygen atoms in total. The summed E-state index contributed by atoms with van der Waals surface area (Å²) in [5, 5.41) is 10.5. The second kappa shape index (κ2) is 10.7. The molecule has 0 spiro atoms. The molecule has 214 valence electrons. The van der Waals surface area contributed by atoms with Gasteiger partial charge in [0, 0.05) is 55.2 Å². The highest BCUT2D eigenvalue weighted by Gasteiger charge is 2.52. The fourth-order valence-corrected chi connectivity index (χ4v) is 7.43. The molecule has 4 atom stereocenters. The summed E-state index contributed by atoms with van der Waals surface area (Å²) in [4.78, 5) is 32.8. The Morgan fingerprint density at radius 2 is 1.85 bits per heavy atom. The van der Waals surface area contributed by atoms with Crippen LogP contribution in [-0.2, 0) is 28.9 Å². The van der Waals surface area contributed by atoms with Crippen LogP contribution in [0.5, 0.6) is 0 Å². The molecule has 0 unspecified atom stereocenters. The van der Waals surface area contributed by atoms with Crippen LogP contribution in [0.4, 0.5) is 4.39 Å². The van der Waals surface area contributed by atoms with Crippen molar-refractivity contribution in [1.82, 2.24) is 14.7 Å². The number of piperazine rings is 1. The predicted molar refractivity (Wildman–Crippen MR) is 153 cm³/mol. The molecule has 2 saturated heterocycles. The standard InChI is InChI=1S/C32H39ClFN3O3/c1-20-17-35(29(31(39)40)15-21-6-7-22-4-3-5-23(22)14-21)12-13-37(20)30(38)27-19-36(32(2)10-11-32)18-26(27)25-9-8-24(33)16-28(25)34/h6-9,14,16,20,26-27,29H,3-5,10-13,15,17-19H2,1-2H3,(H,39,40)/t20-,26-,27+,29-/m0/s1. The number of carbonyl (C=O) groups is 2. The first-order valence-electron chi connectivity index (χ1n) is 14.7. The number of carbonyl (C=O) groups excluding carboxylic acids is 1. The number of likely N-dealkylation sites (tertiary alicyclic amines) is 1. The number of nitrogens with zero attached hydrogens (tertiary/aromatic N) is 3. The maximum atomic E-state index is 15.1. The van der Waals surface area contributed by atoms with E-state index in [1.807, 2.05) is 16.7 Å². The Bertz CT molecular complexity index is 1310. The van der Waals surface area contributed by atoms with Crippen LogP contribution >= 0.6 is 11.6 Å². The van der Waals surface area contributed by atoms with Crippen LogP contribution in [0.25, 0.3) is 0 Å². The fourth-order valence-electron chi connectivity index (χ4n) is 7.27. The Kier molecular flexibility index (Phi) is 7.43. The third kappa shape index (κ3) is 5.28. The van der Waals surface area contributed by atoms with Crippen molar-refractivity contribution in [2.75, 3.05) is 32.7 Å². The quantitative estimate of drug-likeness (QED) is 0.522. The van der Waals surface area contributed by atoms with Gasteiger partial charge in [-0.25, -0.2) is 4.39 Å². The number of carboxylic acids is 1. The first kappa shape index (κ1) is 27.7. The van der Waals surface area contributed by atoms with Crippen LogP contribution in [0.2, 0.25) is 5.02 Å². The topological polar surface area (TPSA) is 64.1 Å². The average Bonchev–Trinajstić information content (AvgIpc) is 3.30. The molecule has 3 fully saturated rings.